The van der Waals surface area contributed by atoms with E-state index in [0.717, 1.165) is 5.56 Å². The SMILES string of the molecule is CC(=O)N1CCN(c2nc(NC(C)c3ccc(OC(F)(F)F)cc3)c3c(n2)C(=O)N(C(C)C)C3)CC1. The largest absolute Gasteiger partial charge is 0.573 e. The lowest BCUT2D eigenvalue weighted by molar-refractivity contribution is -0.274. The zero-order valence-corrected chi connectivity index (χ0v) is 20.6. The number of carbonyl (C=O) groups is 2. The molecule has 9 nitrogen and oxygen atoms in total. The van der Waals surface area contributed by atoms with Gasteiger partial charge in [0.1, 0.15) is 17.3 Å². The normalized spacial score (nSPS) is 16.9. The fourth-order valence-corrected chi connectivity index (χ4v) is 4.32. The van der Waals surface area contributed by atoms with Crippen molar-refractivity contribution >= 4 is 23.6 Å². The molecule has 1 N–H and O–H groups in total. The van der Waals surface area contributed by atoms with Crippen LogP contribution in [0.5, 0.6) is 5.75 Å². The van der Waals surface area contributed by atoms with E-state index in [0.29, 0.717) is 55.7 Å². The molecule has 194 valence electrons. The van der Waals surface area contributed by atoms with E-state index >= 15 is 0 Å². The topological polar surface area (TPSA) is 90.9 Å². The molecule has 36 heavy (non-hydrogen) atoms. The van der Waals surface area contributed by atoms with Gasteiger partial charge in [0.2, 0.25) is 11.9 Å². The predicted molar refractivity (Wildman–Crippen MR) is 127 cm³/mol. The summed E-state index contributed by atoms with van der Waals surface area (Å²) in [5, 5.41) is 3.33. The van der Waals surface area contributed by atoms with E-state index < -0.39 is 6.36 Å². The first kappa shape index (κ1) is 25.5. The van der Waals surface area contributed by atoms with Gasteiger partial charge in [-0.05, 0) is 38.5 Å². The first-order chi connectivity index (χ1) is 16.9. The summed E-state index contributed by atoms with van der Waals surface area (Å²) in [7, 11) is 0. The van der Waals surface area contributed by atoms with Crippen molar-refractivity contribution in [1.29, 1.82) is 0 Å². The van der Waals surface area contributed by atoms with Gasteiger partial charge >= 0.3 is 6.36 Å². The van der Waals surface area contributed by atoms with Crippen LogP contribution in [0.15, 0.2) is 24.3 Å². The summed E-state index contributed by atoms with van der Waals surface area (Å²) in [6.45, 7) is 9.76. The van der Waals surface area contributed by atoms with E-state index in [1.54, 1.807) is 21.9 Å². The van der Waals surface area contributed by atoms with Crippen molar-refractivity contribution in [3.63, 3.8) is 0 Å². The molecular formula is C24H29F3N6O3. The number of benzene rings is 1. The molecule has 0 spiro atoms. The number of anilines is 2. The van der Waals surface area contributed by atoms with Gasteiger partial charge < -0.3 is 24.8 Å². The van der Waals surface area contributed by atoms with Gasteiger partial charge in [-0.2, -0.15) is 4.98 Å². The lowest BCUT2D eigenvalue weighted by atomic mass is 10.1. The van der Waals surface area contributed by atoms with Gasteiger partial charge in [-0.25, -0.2) is 4.98 Å². The number of alkyl halides is 3. The average Bonchev–Trinajstić information content (AvgIpc) is 3.15. The zero-order valence-electron chi connectivity index (χ0n) is 20.6. The molecule has 1 saturated heterocycles. The molecule has 1 fully saturated rings. The van der Waals surface area contributed by atoms with Crippen LogP contribution in [0.1, 0.15) is 55.4 Å². The Balaban J connectivity index is 1.60. The van der Waals surface area contributed by atoms with Crippen LogP contribution in [0.3, 0.4) is 0 Å². The Bertz CT molecular complexity index is 1130. The molecule has 4 rings (SSSR count). The van der Waals surface area contributed by atoms with Crippen molar-refractivity contribution in [1.82, 2.24) is 19.8 Å². The third kappa shape index (κ3) is 5.47. The van der Waals surface area contributed by atoms with Gasteiger partial charge in [0.25, 0.3) is 5.91 Å². The maximum atomic E-state index is 13.1. The highest BCUT2D eigenvalue weighted by Crippen LogP contribution is 2.33. The van der Waals surface area contributed by atoms with Gasteiger partial charge in [0.15, 0.2) is 0 Å². The van der Waals surface area contributed by atoms with Gasteiger partial charge in [-0.15, -0.1) is 13.2 Å². The van der Waals surface area contributed by atoms with E-state index in [-0.39, 0.29) is 29.6 Å². The maximum absolute atomic E-state index is 13.1. The van der Waals surface area contributed by atoms with E-state index in [1.807, 2.05) is 25.7 Å². The molecule has 2 aliphatic heterocycles. The second-order valence-electron chi connectivity index (χ2n) is 9.20. The van der Waals surface area contributed by atoms with Crippen molar-refractivity contribution in [2.75, 3.05) is 36.4 Å². The fourth-order valence-electron chi connectivity index (χ4n) is 4.32. The molecule has 12 heteroatoms. The van der Waals surface area contributed by atoms with E-state index in [2.05, 4.69) is 15.0 Å². The first-order valence-corrected chi connectivity index (χ1v) is 11.8. The van der Waals surface area contributed by atoms with Gasteiger partial charge in [-0.1, -0.05) is 12.1 Å². The number of nitrogens with one attached hydrogen (secondary N) is 1. The predicted octanol–water partition coefficient (Wildman–Crippen LogP) is 3.58. The van der Waals surface area contributed by atoms with Crippen LogP contribution in [-0.2, 0) is 11.3 Å². The van der Waals surface area contributed by atoms with Crippen LogP contribution in [0.4, 0.5) is 24.9 Å². The summed E-state index contributed by atoms with van der Waals surface area (Å²) >= 11 is 0. The van der Waals surface area contributed by atoms with Crippen molar-refractivity contribution in [2.24, 2.45) is 0 Å². The number of aromatic nitrogens is 2. The highest BCUT2D eigenvalue weighted by Gasteiger charge is 2.36. The molecule has 0 aliphatic carbocycles. The molecule has 0 radical (unpaired) electrons. The Morgan fingerprint density at radius 3 is 2.25 bits per heavy atom. The molecule has 1 aromatic heterocycles. The van der Waals surface area contributed by atoms with E-state index in [1.165, 1.54) is 19.1 Å². The number of hydrogen-bond acceptors (Lipinski definition) is 7. The third-order valence-corrected chi connectivity index (χ3v) is 6.39. The standard InChI is InChI=1S/C24H29F3N6O3/c1-14(2)33-13-19-20(22(33)35)29-23(32-11-9-31(10-12-32)16(4)34)30-21(19)28-15(3)17-5-7-18(8-6-17)36-24(25,26)27/h5-8,14-15H,9-13H2,1-4H3,(H,28,29,30). The molecule has 2 amide bonds. The Morgan fingerprint density at radius 2 is 1.69 bits per heavy atom. The number of nitrogens with zero attached hydrogens (tertiary/aromatic N) is 5. The molecule has 2 aromatic rings. The van der Waals surface area contributed by atoms with Crippen molar-refractivity contribution in [3.05, 3.63) is 41.1 Å². The Kier molecular flexibility index (Phi) is 6.96. The number of carbonyl (C=O) groups excluding carboxylic acids is 2. The lowest BCUT2D eigenvalue weighted by Gasteiger charge is -2.34. The van der Waals surface area contributed by atoms with Gasteiger partial charge in [-0.3, -0.25) is 9.59 Å². The van der Waals surface area contributed by atoms with Crippen molar-refractivity contribution in [2.45, 2.75) is 52.7 Å². The molecule has 0 saturated carbocycles. The summed E-state index contributed by atoms with van der Waals surface area (Å²) in [5.41, 5.74) is 1.74. The number of ether oxygens (including phenoxy) is 1. The quantitative estimate of drug-likeness (QED) is 0.641. The molecular weight excluding hydrogens is 477 g/mol. The zero-order chi connectivity index (χ0) is 26.2. The Labute approximate surface area is 207 Å². The molecule has 3 heterocycles. The Morgan fingerprint density at radius 1 is 1.06 bits per heavy atom. The highest BCUT2D eigenvalue weighted by atomic mass is 19.4. The number of piperazine rings is 1. The Hall–Kier alpha value is -3.57. The van der Waals surface area contributed by atoms with Crippen LogP contribution in [0.2, 0.25) is 0 Å². The van der Waals surface area contributed by atoms with E-state index in [4.69, 9.17) is 4.98 Å². The summed E-state index contributed by atoms with van der Waals surface area (Å²) < 4.78 is 41.4. The van der Waals surface area contributed by atoms with Gasteiger partial charge in [0, 0.05) is 50.7 Å². The van der Waals surface area contributed by atoms with E-state index in [9.17, 15) is 22.8 Å². The minimum atomic E-state index is -4.76. The fraction of sp³-hybridized carbons (Fsp3) is 0.500. The maximum Gasteiger partial charge on any atom is 0.573 e. The smallest absolute Gasteiger partial charge is 0.406 e. The summed E-state index contributed by atoms with van der Waals surface area (Å²) in [4.78, 5) is 39.6. The van der Waals surface area contributed by atoms with Crippen LogP contribution < -0.4 is 15.0 Å². The molecule has 2 aliphatic rings. The number of halogens is 3. The number of hydrogen-bond donors (Lipinski definition) is 1. The van der Waals surface area contributed by atoms with Gasteiger partial charge in [0.05, 0.1) is 6.54 Å². The van der Waals surface area contributed by atoms with Crippen molar-refractivity contribution < 1.29 is 27.5 Å². The average molecular weight is 507 g/mol. The molecule has 1 unspecified atom stereocenters. The summed E-state index contributed by atoms with van der Waals surface area (Å²) in [6.07, 6.45) is -4.76. The van der Waals surface area contributed by atoms with Crippen LogP contribution in [-0.4, -0.2) is 70.2 Å². The minimum Gasteiger partial charge on any atom is -0.406 e. The second kappa shape index (κ2) is 9.82. The monoisotopic (exact) mass is 506 g/mol. The van der Waals surface area contributed by atoms with Crippen molar-refractivity contribution in [3.8, 4) is 5.75 Å². The number of rotatable bonds is 6. The van der Waals surface area contributed by atoms with Crippen LogP contribution in [0.25, 0.3) is 0 Å². The first-order valence-electron chi connectivity index (χ1n) is 11.8. The third-order valence-electron chi connectivity index (χ3n) is 6.39. The number of amides is 2. The minimum absolute atomic E-state index is 0.00936. The molecule has 1 atom stereocenters. The van der Waals surface area contributed by atoms with Crippen LogP contribution in [0, 0.1) is 0 Å². The summed E-state index contributed by atoms with van der Waals surface area (Å²) in [5.74, 6) is 0.445. The second-order valence-corrected chi connectivity index (χ2v) is 9.20. The highest BCUT2D eigenvalue weighted by molar-refractivity contribution is 5.98. The lowest BCUT2D eigenvalue weighted by Crippen LogP contribution is -2.48. The number of fused-ring (bicyclic) bond motifs is 1. The molecule has 1 aromatic carbocycles. The summed E-state index contributed by atoms with van der Waals surface area (Å²) in [6, 6.07) is 5.27. The molecule has 0 bridgehead atoms. The van der Waals surface area contributed by atoms with Crippen LogP contribution >= 0.6 is 0 Å².